The third kappa shape index (κ3) is 31.2. The van der Waals surface area contributed by atoms with Crippen LogP contribution in [0.2, 0.25) is 0 Å². The van der Waals surface area contributed by atoms with Gasteiger partial charge in [-0.1, -0.05) is 236 Å². The van der Waals surface area contributed by atoms with Crippen molar-refractivity contribution in [1.29, 1.82) is 0 Å². The molecule has 3 saturated heterocycles. The maximum Gasteiger partial charge on any atom is 0.315 e. The van der Waals surface area contributed by atoms with Crippen LogP contribution in [0.5, 0.6) is 0 Å². The molecule has 9 aliphatic rings. The van der Waals surface area contributed by atoms with Crippen molar-refractivity contribution in [2.75, 3.05) is 99.1 Å². The van der Waals surface area contributed by atoms with Gasteiger partial charge in [0.1, 0.15) is 36.3 Å². The summed E-state index contributed by atoms with van der Waals surface area (Å²) in [7, 11) is -4.91. The molecule has 145 heavy (non-hydrogen) atoms. The number of urea groups is 3. The highest BCUT2D eigenvalue weighted by Gasteiger charge is 2.73. The first-order valence-corrected chi connectivity index (χ1v) is 56.7. The van der Waals surface area contributed by atoms with E-state index >= 15 is 0 Å². The molecule has 43 heteroatoms. The van der Waals surface area contributed by atoms with Gasteiger partial charge in [0.05, 0.1) is 30.1 Å². The zero-order valence-corrected chi connectivity index (χ0v) is 94.3. The smallest absolute Gasteiger partial charge is 0.315 e. The molecule has 9 fully saturated rings. The lowest BCUT2D eigenvalue weighted by Gasteiger charge is -2.39. The lowest BCUT2D eigenvalue weighted by Crippen LogP contribution is -2.62. The highest BCUT2D eigenvalue weighted by molar-refractivity contribution is 7.89. The van der Waals surface area contributed by atoms with Crippen LogP contribution in [0.15, 0.2) is 25.3 Å². The number of likely N-dealkylation sites (N-methyl/N-ethyl adjacent to an activating group) is 3. The minimum atomic E-state index is -3.74. The van der Waals surface area contributed by atoms with Gasteiger partial charge in [-0.2, -0.15) is 17.0 Å². The van der Waals surface area contributed by atoms with Crippen molar-refractivity contribution in [3.05, 3.63) is 25.3 Å². The number of unbranched alkanes of at least 4 members (excludes halogenated alkanes) is 1. The van der Waals surface area contributed by atoms with Gasteiger partial charge in [-0.25, -0.2) is 39.8 Å². The predicted octanol–water partition coefficient (Wildman–Crippen LogP) is 6.06. The average molecular weight is 2100 g/mol. The molecule has 824 valence electrons. The number of ketones is 3. The standard InChI is InChI=1S/C34H61N7O7S.2C34H58N6O7S/c1-14-16-17-22(26(42)29(44)35-18-15-2)36-28(43)25-24-21(34(24,9)10)19-41(25)30(45)27(33(6,7)8)38-31(46)37-23(32(3,4)5)20-40(13)49(47,48)39(11)12;1-8-48(46,47)39(7)19-24(21-15-10-9-11-16-21)37-32(45)38-28(33(2,3)4)31(44)40-18-22-25(34(22,5)6)26(40)30(43)36-23(27(41)29(35)42)17-20-13-12-14-20;1-12-16-35-29(43)26(41)22(17-20-14-15-20)36-28(42)25-24-21(34(24,9)10)18-40(25)30(44)27(33(6,7)8)38-31(45)37-23(32(3,4)5)19-39(13-2)48(11,46)47/h15,21-25,27H,2,14,16-20H2,1,3-13H3,(H,35,44)(H,36,43)(H2,37,38,46);20-26,28H,8-19H2,1-7H3,(H2,35,42)(H,36,43)(H2,37,38,45);12,20-25,27H,1,13-19H2,2-11H3,(H,35,43)(H,36,42)(H2,37,38,45)/t21-,22?,23+,24-,25-,27+;22-,23?,24+,25-,26-,28+;21-,22?,23+,24-,25-,27+/m000/s1. The number of amides is 15. The van der Waals surface area contributed by atoms with Crippen LogP contribution >= 0.6 is 0 Å². The summed E-state index contributed by atoms with van der Waals surface area (Å²) in [5.41, 5.74) is 1.38. The molecule has 3 unspecified atom stereocenters. The zero-order chi connectivity index (χ0) is 110. The number of primary amides is 1. The van der Waals surface area contributed by atoms with E-state index < -0.39 is 218 Å². The number of nitrogens with one attached hydrogen (secondary N) is 11. The van der Waals surface area contributed by atoms with Crippen LogP contribution in [0.25, 0.3) is 0 Å². The van der Waals surface area contributed by atoms with E-state index in [1.807, 2.05) is 125 Å². The van der Waals surface area contributed by atoms with E-state index in [9.17, 15) is 97.2 Å². The molecule has 3 aliphatic heterocycles. The van der Waals surface area contributed by atoms with Crippen molar-refractivity contribution in [2.45, 2.75) is 335 Å². The third-order valence-corrected chi connectivity index (χ3v) is 36.8. The maximum atomic E-state index is 14.4. The van der Waals surface area contributed by atoms with Crippen LogP contribution in [0.3, 0.4) is 0 Å². The summed E-state index contributed by atoms with van der Waals surface area (Å²) in [6.45, 7) is 54.0. The van der Waals surface area contributed by atoms with E-state index in [1.165, 1.54) is 68.0 Å². The zero-order valence-electron chi connectivity index (χ0n) is 91.9. The summed E-state index contributed by atoms with van der Waals surface area (Å²) >= 11 is 0. The Morgan fingerprint density at radius 1 is 0.434 bits per heavy atom. The third-order valence-electron chi connectivity index (χ3n) is 31.8. The molecule has 3 heterocycles. The number of carbonyl (C=O) groups is 15. The number of rotatable bonds is 45. The van der Waals surface area contributed by atoms with E-state index in [2.05, 4.69) is 99.3 Å². The monoisotopic (exact) mass is 2100 g/mol. The first kappa shape index (κ1) is 123. The molecule has 40 nitrogen and oxygen atoms in total. The van der Waals surface area contributed by atoms with Gasteiger partial charge < -0.3 is 78.9 Å². The number of likely N-dealkylation sites (tertiary alicyclic amines) is 3. The Balaban J connectivity index is 0.000000295. The summed E-state index contributed by atoms with van der Waals surface area (Å²) in [5, 5.41) is 30.8. The Morgan fingerprint density at radius 3 is 1.10 bits per heavy atom. The number of piperidine rings is 3. The van der Waals surface area contributed by atoms with E-state index in [0.717, 1.165) is 81.2 Å². The quantitative estimate of drug-likeness (QED) is 0.0243. The highest BCUT2D eigenvalue weighted by atomic mass is 32.2. The fraction of sp³-hybridized carbons (Fsp3) is 0.814. The van der Waals surface area contributed by atoms with Crippen LogP contribution in [-0.2, 0) is 87.8 Å². The number of Topliss-reactive ketones (excluding diaryl/α,β-unsaturated/α-hetero) is 3. The predicted molar refractivity (Wildman–Crippen MR) is 555 cm³/mol. The van der Waals surface area contributed by atoms with Crippen LogP contribution in [0.1, 0.15) is 262 Å². The molecule has 0 bridgehead atoms. The van der Waals surface area contributed by atoms with Crippen molar-refractivity contribution < 1.29 is 97.2 Å². The van der Waals surface area contributed by atoms with Crippen LogP contribution in [0.4, 0.5) is 14.4 Å². The van der Waals surface area contributed by atoms with Crippen molar-refractivity contribution in [2.24, 2.45) is 102 Å². The lowest BCUT2D eigenvalue weighted by atomic mass is 9.80. The first-order chi connectivity index (χ1) is 66.6. The van der Waals surface area contributed by atoms with Crippen molar-refractivity contribution in [3.63, 3.8) is 0 Å². The number of hydrogen-bond acceptors (Lipinski definition) is 21. The summed E-state index contributed by atoms with van der Waals surface area (Å²) < 4.78 is 80.1. The Bertz CT molecular complexity index is 5080. The fourth-order valence-electron chi connectivity index (χ4n) is 21.4. The van der Waals surface area contributed by atoms with Crippen LogP contribution in [0, 0.1) is 96.6 Å². The minimum absolute atomic E-state index is 0.0120. The molecule has 0 aromatic rings. The van der Waals surface area contributed by atoms with Crippen molar-refractivity contribution in [3.8, 4) is 0 Å². The number of carbonyl (C=O) groups excluding carboxylic acids is 15. The second kappa shape index (κ2) is 48.5. The molecule has 6 saturated carbocycles. The molecule has 6 aliphatic carbocycles. The van der Waals surface area contributed by atoms with E-state index in [1.54, 1.807) is 13.8 Å². The fourth-order valence-corrected chi connectivity index (χ4v) is 24.0. The second-order valence-electron chi connectivity index (χ2n) is 49.2. The van der Waals surface area contributed by atoms with Crippen LogP contribution in [-0.4, -0.2) is 317 Å². The van der Waals surface area contributed by atoms with Crippen molar-refractivity contribution in [1.82, 2.24) is 90.4 Å². The molecule has 0 aromatic heterocycles. The highest BCUT2D eigenvalue weighted by Crippen LogP contribution is 2.67. The maximum absolute atomic E-state index is 14.4. The van der Waals surface area contributed by atoms with Gasteiger partial charge in [-0.05, 0) is 136 Å². The average Bonchev–Trinajstić information content (AvgIpc) is 1.53. The summed E-state index contributed by atoms with van der Waals surface area (Å²) in [6.07, 6.45) is 15.9. The second-order valence-corrected chi connectivity index (χ2v) is 55.8. The van der Waals surface area contributed by atoms with E-state index in [4.69, 9.17) is 5.73 Å². The Morgan fingerprint density at radius 2 is 0.786 bits per heavy atom. The number of fused-ring (bicyclic) bond motifs is 3. The number of nitrogens with zero attached hydrogens (tertiary/aromatic N) is 7. The SMILES string of the molecule is C=CCNC(=O)C(=O)C(CC1CC1)NC(=O)[C@@H]1[C@@H]2[C@H](CN1C(=O)[C@@H](NC(=O)N[C@H](CN(CC)S(C)(=O)=O)C(C)(C)C)C(C)(C)C)C2(C)C.C=CCNC(=O)C(=O)C(CCCC)NC(=O)[C@@H]1[C@@H]2[C@H](CN1C(=O)[C@@H](NC(=O)N[C@H](CN(C)S(=O)(=O)N(C)C)C(C)(C)C)C(C)(C)C)C2(C)C.CCS(=O)(=O)N(C)C[C@@H](NC(=O)N[C@H](C(=O)N1C[C@H]2[C@@H]([C@H]1C(=O)NC(CC1CCC1)C(=O)C(N)=O)C2(C)C)C(C)(C)C)C1CCCCC1. The number of nitrogens with two attached hydrogens (primary N) is 1. The minimum Gasteiger partial charge on any atom is -0.363 e. The van der Waals surface area contributed by atoms with E-state index in [0.29, 0.717) is 38.9 Å². The Hall–Kier alpha value is -8.78. The molecule has 0 spiro atoms. The van der Waals surface area contributed by atoms with Gasteiger partial charge in [0.15, 0.2) is 0 Å². The largest absolute Gasteiger partial charge is 0.363 e. The summed E-state index contributed by atoms with van der Waals surface area (Å²) in [5.74, 6) is -7.56. The molecule has 13 N–H and O–H groups in total. The van der Waals surface area contributed by atoms with Gasteiger partial charge in [0.2, 0.25) is 72.8 Å². The van der Waals surface area contributed by atoms with Crippen molar-refractivity contribution >= 4 is 119 Å². The summed E-state index contributed by atoms with van der Waals surface area (Å²) in [4.78, 5) is 206. The number of hydrogen-bond donors (Lipinski definition) is 12. The van der Waals surface area contributed by atoms with Gasteiger partial charge >= 0.3 is 18.1 Å². The van der Waals surface area contributed by atoms with Gasteiger partial charge in [0.25, 0.3) is 27.9 Å². The number of sulfonamides is 2. The molecule has 0 aromatic carbocycles. The molecule has 0 radical (unpaired) electrons. The Kier molecular flexibility index (Phi) is 41.1. The normalized spacial score (nSPS) is 24.0. The summed E-state index contributed by atoms with van der Waals surface area (Å²) in [6, 6.07) is -12.3. The first-order valence-electron chi connectivity index (χ1n) is 51.8. The topological polar surface area (TPSA) is 539 Å². The van der Waals surface area contributed by atoms with Gasteiger partial charge in [-0.3, -0.25) is 57.5 Å². The lowest BCUT2D eigenvalue weighted by molar-refractivity contribution is -0.145. The molecule has 18 atom stereocenters. The van der Waals surface area contributed by atoms with E-state index in [-0.39, 0.29) is 121 Å². The molecule has 9 rings (SSSR count). The van der Waals surface area contributed by atoms with Gasteiger partial charge in [-0.15, -0.1) is 13.2 Å². The molecule has 15 amide bonds. The van der Waals surface area contributed by atoms with Crippen LogP contribution < -0.4 is 64.2 Å². The molecular formula is C102H177N19O21S3. The Labute approximate surface area is 863 Å². The van der Waals surface area contributed by atoms with Gasteiger partial charge in [0, 0.05) is 105 Å². The molecular weight excluding hydrogens is 1920 g/mol.